The summed E-state index contributed by atoms with van der Waals surface area (Å²) < 4.78 is 0. The van der Waals surface area contributed by atoms with Crippen LogP contribution in [0.25, 0.3) is 16.8 Å². The van der Waals surface area contributed by atoms with Gasteiger partial charge < -0.3 is 5.11 Å². The van der Waals surface area contributed by atoms with E-state index in [-0.39, 0.29) is 17.5 Å². The largest absolute Gasteiger partial charge is 0.508 e. The fourth-order valence-corrected chi connectivity index (χ4v) is 4.63. The smallest absolute Gasteiger partial charge is 0.164 e. The van der Waals surface area contributed by atoms with Crippen molar-refractivity contribution in [2.45, 2.75) is 18.8 Å². The average Bonchev–Trinajstić information content (AvgIpc) is 2.77. The quantitative estimate of drug-likeness (QED) is 0.442. The molecule has 0 unspecified atom stereocenters. The maximum absolute atomic E-state index is 13.3. The van der Waals surface area contributed by atoms with Gasteiger partial charge in [-0.1, -0.05) is 90.5 Å². The molecular formula is C28H22O2. The van der Waals surface area contributed by atoms with Crippen molar-refractivity contribution < 1.29 is 9.90 Å². The van der Waals surface area contributed by atoms with Gasteiger partial charge in [0.25, 0.3) is 0 Å². The molecule has 0 aliphatic heterocycles. The monoisotopic (exact) mass is 390 g/mol. The molecule has 0 heterocycles. The number of hydrogen-bond acceptors (Lipinski definition) is 2. The van der Waals surface area contributed by atoms with E-state index in [1.165, 1.54) is 0 Å². The molecule has 0 aromatic heterocycles. The molecular weight excluding hydrogens is 368 g/mol. The fourth-order valence-electron chi connectivity index (χ4n) is 4.63. The second-order valence-corrected chi connectivity index (χ2v) is 7.95. The number of benzene rings is 4. The summed E-state index contributed by atoms with van der Waals surface area (Å²) in [5.74, 6) is -0.411. The van der Waals surface area contributed by atoms with Crippen molar-refractivity contribution in [3.63, 3.8) is 0 Å². The van der Waals surface area contributed by atoms with E-state index in [4.69, 9.17) is 0 Å². The van der Waals surface area contributed by atoms with Crippen LogP contribution < -0.4 is 0 Å². The summed E-state index contributed by atoms with van der Waals surface area (Å²) in [4.78, 5) is 13.3. The van der Waals surface area contributed by atoms with E-state index in [2.05, 4.69) is 31.2 Å². The van der Waals surface area contributed by atoms with Gasteiger partial charge in [0, 0.05) is 11.5 Å². The van der Waals surface area contributed by atoms with E-state index in [1.54, 1.807) is 12.1 Å². The van der Waals surface area contributed by atoms with Crippen LogP contribution >= 0.6 is 0 Å². The van der Waals surface area contributed by atoms with Gasteiger partial charge in [0.15, 0.2) is 5.78 Å². The summed E-state index contributed by atoms with van der Waals surface area (Å²) in [6.07, 6.45) is 3.57. The normalized spacial score (nSPS) is 16.4. The van der Waals surface area contributed by atoms with Crippen LogP contribution in [0.4, 0.5) is 0 Å². The molecule has 4 aromatic carbocycles. The van der Waals surface area contributed by atoms with E-state index in [0.717, 1.165) is 38.6 Å². The molecule has 2 nitrogen and oxygen atoms in total. The van der Waals surface area contributed by atoms with E-state index < -0.39 is 5.92 Å². The fraction of sp³-hybridized carbons (Fsp3) is 0.107. The molecule has 5 rings (SSSR count). The van der Waals surface area contributed by atoms with Crippen LogP contribution in [0.5, 0.6) is 5.75 Å². The zero-order valence-corrected chi connectivity index (χ0v) is 16.7. The third kappa shape index (κ3) is 3.02. The van der Waals surface area contributed by atoms with Gasteiger partial charge in [-0.15, -0.1) is 0 Å². The number of phenols is 1. The van der Waals surface area contributed by atoms with Crippen molar-refractivity contribution in [1.29, 1.82) is 0 Å². The first-order valence-electron chi connectivity index (χ1n) is 10.2. The highest BCUT2D eigenvalue weighted by Gasteiger charge is 2.36. The second-order valence-electron chi connectivity index (χ2n) is 7.95. The molecule has 0 fully saturated rings. The van der Waals surface area contributed by atoms with Crippen LogP contribution in [0.2, 0.25) is 0 Å². The van der Waals surface area contributed by atoms with Crippen LogP contribution in [0.3, 0.4) is 0 Å². The van der Waals surface area contributed by atoms with Crippen molar-refractivity contribution in [3.05, 3.63) is 119 Å². The Bertz CT molecular complexity index is 1280. The van der Waals surface area contributed by atoms with Crippen molar-refractivity contribution >= 4 is 22.6 Å². The lowest BCUT2D eigenvalue weighted by Crippen LogP contribution is -2.23. The van der Waals surface area contributed by atoms with Gasteiger partial charge in [-0.05, 0) is 46.5 Å². The number of aryl methyl sites for hydroxylation is 1. The molecule has 0 saturated heterocycles. The molecule has 2 atom stereocenters. The maximum atomic E-state index is 13.3. The zero-order chi connectivity index (χ0) is 20.7. The van der Waals surface area contributed by atoms with E-state index in [0.29, 0.717) is 0 Å². The molecule has 30 heavy (non-hydrogen) atoms. The number of allylic oxidation sites excluding steroid dienone is 1. The van der Waals surface area contributed by atoms with Gasteiger partial charge in [0.2, 0.25) is 0 Å². The molecule has 146 valence electrons. The number of hydrogen-bond donors (Lipinski definition) is 1. The first kappa shape index (κ1) is 18.4. The molecule has 0 radical (unpaired) electrons. The minimum Gasteiger partial charge on any atom is -0.508 e. The molecule has 1 aliphatic carbocycles. The number of carbonyl (C=O) groups is 1. The lowest BCUT2D eigenvalue weighted by atomic mass is 9.71. The summed E-state index contributed by atoms with van der Waals surface area (Å²) >= 11 is 0. The number of rotatable bonds is 3. The summed E-state index contributed by atoms with van der Waals surface area (Å²) in [6.45, 7) is 2.05. The lowest BCUT2D eigenvalue weighted by Gasteiger charge is -2.31. The molecule has 0 bridgehead atoms. The highest BCUT2D eigenvalue weighted by atomic mass is 16.3. The first-order chi connectivity index (χ1) is 14.6. The molecule has 0 amide bonds. The number of fused-ring (bicyclic) bond motifs is 2. The van der Waals surface area contributed by atoms with Gasteiger partial charge in [-0.25, -0.2) is 0 Å². The van der Waals surface area contributed by atoms with Crippen molar-refractivity contribution in [3.8, 4) is 5.75 Å². The molecule has 0 saturated carbocycles. The molecule has 0 spiro atoms. The lowest BCUT2D eigenvalue weighted by molar-refractivity contribution is -0.116. The van der Waals surface area contributed by atoms with Gasteiger partial charge in [0.1, 0.15) is 5.75 Å². The van der Waals surface area contributed by atoms with Gasteiger partial charge in [-0.2, -0.15) is 0 Å². The predicted octanol–water partition coefficient (Wildman–Crippen LogP) is 6.37. The zero-order valence-electron chi connectivity index (χ0n) is 16.7. The minimum absolute atomic E-state index is 0.0617. The van der Waals surface area contributed by atoms with Gasteiger partial charge in [-0.3, -0.25) is 4.79 Å². The average molecular weight is 390 g/mol. The Hall–Kier alpha value is -3.65. The number of carbonyl (C=O) groups excluding carboxylic acids is 1. The van der Waals surface area contributed by atoms with Crippen LogP contribution in [0, 0.1) is 6.92 Å². The Morgan fingerprint density at radius 1 is 0.800 bits per heavy atom. The predicted molar refractivity (Wildman–Crippen MR) is 122 cm³/mol. The topological polar surface area (TPSA) is 37.3 Å². The summed E-state index contributed by atoms with van der Waals surface area (Å²) in [6, 6.07) is 28.1. The highest BCUT2D eigenvalue weighted by Crippen LogP contribution is 2.47. The Morgan fingerprint density at radius 2 is 1.53 bits per heavy atom. The van der Waals surface area contributed by atoms with Crippen LogP contribution in [0.15, 0.2) is 91.0 Å². The van der Waals surface area contributed by atoms with Crippen molar-refractivity contribution in [1.82, 2.24) is 0 Å². The summed E-state index contributed by atoms with van der Waals surface area (Å²) in [5, 5.41) is 13.1. The van der Waals surface area contributed by atoms with Crippen LogP contribution in [-0.2, 0) is 4.79 Å². The van der Waals surface area contributed by atoms with Gasteiger partial charge >= 0.3 is 0 Å². The Morgan fingerprint density at radius 3 is 2.37 bits per heavy atom. The Labute approximate surface area is 176 Å². The SMILES string of the molecule is Cc1ccc([C@H](c2c(O)ccc3ccccc23)[C@H]2C(=O)C=Cc3ccccc32)cc1. The number of aromatic hydroxyl groups is 1. The van der Waals surface area contributed by atoms with Crippen LogP contribution in [-0.4, -0.2) is 10.9 Å². The third-order valence-electron chi connectivity index (χ3n) is 6.09. The third-order valence-corrected chi connectivity index (χ3v) is 6.09. The molecule has 4 aromatic rings. The molecule has 2 heteroatoms. The number of ketones is 1. The second kappa shape index (κ2) is 7.31. The summed E-state index contributed by atoms with van der Waals surface area (Å²) in [5.41, 5.74) is 5.05. The highest BCUT2D eigenvalue weighted by molar-refractivity contribution is 6.03. The van der Waals surface area contributed by atoms with E-state index >= 15 is 0 Å². The molecule has 1 aliphatic rings. The summed E-state index contributed by atoms with van der Waals surface area (Å²) in [7, 11) is 0. The van der Waals surface area contributed by atoms with E-state index in [1.807, 2.05) is 60.7 Å². The standard InChI is InChI=1S/C28H22O2/c1-18-10-12-21(13-11-18)26(27-22-8-4-2-6-19(22)14-16-24(27)29)28-23-9-5-3-7-20(23)15-17-25(28)30/h2-17,26-27,30H,1H3/t26-,27+/m0/s1. The number of phenolic OH excluding ortho intramolecular Hbond substituents is 1. The Balaban J connectivity index is 1.83. The Kier molecular flexibility index (Phi) is 4.48. The van der Waals surface area contributed by atoms with Gasteiger partial charge in [0.05, 0.1) is 5.92 Å². The van der Waals surface area contributed by atoms with Crippen molar-refractivity contribution in [2.75, 3.05) is 0 Å². The molecule has 1 N–H and O–H groups in total. The van der Waals surface area contributed by atoms with Crippen molar-refractivity contribution in [2.24, 2.45) is 0 Å². The minimum atomic E-state index is -0.398. The first-order valence-corrected chi connectivity index (χ1v) is 10.2. The van der Waals surface area contributed by atoms with E-state index in [9.17, 15) is 9.90 Å². The van der Waals surface area contributed by atoms with Crippen LogP contribution in [0.1, 0.15) is 39.7 Å². The maximum Gasteiger partial charge on any atom is 0.164 e.